The molecule has 100 valence electrons. The first-order chi connectivity index (χ1) is 8.26. The molecule has 0 aromatic heterocycles. The molecular formula is C14H28N2S. The summed E-state index contributed by atoms with van der Waals surface area (Å²) in [6.07, 6.45) is 5.54. The van der Waals surface area contributed by atoms with Gasteiger partial charge in [-0.2, -0.15) is 11.8 Å². The van der Waals surface area contributed by atoms with E-state index in [0.29, 0.717) is 5.41 Å². The van der Waals surface area contributed by atoms with E-state index in [1.165, 1.54) is 63.4 Å². The van der Waals surface area contributed by atoms with Crippen molar-refractivity contribution in [2.75, 3.05) is 37.7 Å². The standard InChI is InChI=1S/C14H28N2S/c1-3-5-14(6-4-7-15-11-14)12-16-8-9-17-10-13(16)2/h13,15H,3-12H2,1-2H3. The Labute approximate surface area is 111 Å². The molecular weight excluding hydrogens is 228 g/mol. The van der Waals surface area contributed by atoms with Gasteiger partial charge in [-0.25, -0.2) is 0 Å². The molecule has 2 rings (SSSR count). The number of nitrogens with zero attached hydrogens (tertiary/aromatic N) is 1. The summed E-state index contributed by atoms with van der Waals surface area (Å²) in [6, 6.07) is 0.782. The number of nitrogens with one attached hydrogen (secondary N) is 1. The summed E-state index contributed by atoms with van der Waals surface area (Å²) >= 11 is 2.12. The average Bonchev–Trinajstić information content (AvgIpc) is 2.34. The average molecular weight is 256 g/mol. The van der Waals surface area contributed by atoms with Crippen molar-refractivity contribution in [3.63, 3.8) is 0 Å². The van der Waals surface area contributed by atoms with Crippen LogP contribution in [0.15, 0.2) is 0 Å². The van der Waals surface area contributed by atoms with Gasteiger partial charge < -0.3 is 5.32 Å². The predicted molar refractivity (Wildman–Crippen MR) is 77.8 cm³/mol. The lowest BCUT2D eigenvalue weighted by Gasteiger charge is -2.44. The molecule has 0 aliphatic carbocycles. The minimum atomic E-state index is 0.573. The van der Waals surface area contributed by atoms with Crippen LogP contribution in [0.2, 0.25) is 0 Å². The Morgan fingerprint density at radius 3 is 3.00 bits per heavy atom. The minimum absolute atomic E-state index is 0.573. The Morgan fingerprint density at radius 2 is 2.35 bits per heavy atom. The summed E-state index contributed by atoms with van der Waals surface area (Å²) in [4.78, 5) is 2.75. The van der Waals surface area contributed by atoms with E-state index in [-0.39, 0.29) is 0 Å². The zero-order valence-corrected chi connectivity index (χ0v) is 12.3. The van der Waals surface area contributed by atoms with E-state index in [1.54, 1.807) is 0 Å². The first-order valence-electron chi connectivity index (χ1n) is 7.28. The van der Waals surface area contributed by atoms with Crippen molar-refractivity contribution in [1.82, 2.24) is 10.2 Å². The lowest BCUT2D eigenvalue weighted by Crippen LogP contribution is -2.51. The van der Waals surface area contributed by atoms with Crippen molar-refractivity contribution in [1.29, 1.82) is 0 Å². The third-order valence-electron chi connectivity index (χ3n) is 4.38. The van der Waals surface area contributed by atoms with E-state index in [1.807, 2.05) is 0 Å². The van der Waals surface area contributed by atoms with E-state index in [0.717, 1.165) is 6.04 Å². The third kappa shape index (κ3) is 3.62. The van der Waals surface area contributed by atoms with Gasteiger partial charge in [0, 0.05) is 37.2 Å². The van der Waals surface area contributed by atoms with E-state index < -0.39 is 0 Å². The van der Waals surface area contributed by atoms with Gasteiger partial charge in [0.1, 0.15) is 0 Å². The maximum absolute atomic E-state index is 3.63. The molecule has 0 bridgehead atoms. The van der Waals surface area contributed by atoms with E-state index >= 15 is 0 Å². The Morgan fingerprint density at radius 1 is 1.47 bits per heavy atom. The fourth-order valence-corrected chi connectivity index (χ4v) is 4.50. The monoisotopic (exact) mass is 256 g/mol. The van der Waals surface area contributed by atoms with Crippen LogP contribution in [-0.4, -0.2) is 48.6 Å². The van der Waals surface area contributed by atoms with Gasteiger partial charge in [0.25, 0.3) is 0 Å². The fourth-order valence-electron chi connectivity index (χ4n) is 3.42. The van der Waals surface area contributed by atoms with Crippen LogP contribution >= 0.6 is 11.8 Å². The van der Waals surface area contributed by atoms with Crippen LogP contribution in [0.3, 0.4) is 0 Å². The largest absolute Gasteiger partial charge is 0.316 e. The third-order valence-corrected chi connectivity index (χ3v) is 5.57. The molecule has 0 radical (unpaired) electrons. The second-order valence-electron chi connectivity index (χ2n) is 5.92. The first kappa shape index (κ1) is 13.7. The van der Waals surface area contributed by atoms with Gasteiger partial charge in [-0.3, -0.25) is 4.90 Å². The molecule has 3 heteroatoms. The van der Waals surface area contributed by atoms with E-state index in [2.05, 4.69) is 35.8 Å². The highest BCUT2D eigenvalue weighted by molar-refractivity contribution is 7.99. The number of hydrogen-bond acceptors (Lipinski definition) is 3. The van der Waals surface area contributed by atoms with Gasteiger partial charge >= 0.3 is 0 Å². The highest BCUT2D eigenvalue weighted by Crippen LogP contribution is 2.34. The number of thioether (sulfide) groups is 1. The van der Waals surface area contributed by atoms with Crippen molar-refractivity contribution >= 4 is 11.8 Å². The van der Waals surface area contributed by atoms with Crippen LogP contribution in [0.25, 0.3) is 0 Å². The van der Waals surface area contributed by atoms with Gasteiger partial charge in [-0.15, -0.1) is 0 Å². The molecule has 0 aromatic carbocycles. The van der Waals surface area contributed by atoms with Crippen molar-refractivity contribution in [2.24, 2.45) is 5.41 Å². The van der Waals surface area contributed by atoms with E-state index in [9.17, 15) is 0 Å². The van der Waals surface area contributed by atoms with Gasteiger partial charge in [0.15, 0.2) is 0 Å². The minimum Gasteiger partial charge on any atom is -0.316 e. The molecule has 2 atom stereocenters. The Balaban J connectivity index is 1.95. The maximum Gasteiger partial charge on any atom is 0.0158 e. The lowest BCUT2D eigenvalue weighted by atomic mass is 9.76. The molecule has 2 aliphatic rings. The lowest BCUT2D eigenvalue weighted by molar-refractivity contribution is 0.0902. The Hall–Kier alpha value is 0.270. The Bertz CT molecular complexity index is 221. The fraction of sp³-hybridized carbons (Fsp3) is 1.00. The zero-order valence-electron chi connectivity index (χ0n) is 11.5. The summed E-state index contributed by atoms with van der Waals surface area (Å²) < 4.78 is 0. The summed E-state index contributed by atoms with van der Waals surface area (Å²) in [5, 5.41) is 3.63. The summed E-state index contributed by atoms with van der Waals surface area (Å²) in [5.41, 5.74) is 0.573. The summed E-state index contributed by atoms with van der Waals surface area (Å²) in [6.45, 7) is 9.86. The van der Waals surface area contributed by atoms with Crippen LogP contribution in [0, 0.1) is 5.41 Å². The molecule has 2 nitrogen and oxygen atoms in total. The molecule has 1 N–H and O–H groups in total. The highest BCUT2D eigenvalue weighted by atomic mass is 32.2. The number of piperidine rings is 1. The van der Waals surface area contributed by atoms with Crippen LogP contribution in [0.4, 0.5) is 0 Å². The second kappa shape index (κ2) is 6.44. The van der Waals surface area contributed by atoms with Gasteiger partial charge in [0.2, 0.25) is 0 Å². The molecule has 0 spiro atoms. The Kier molecular flexibility index (Phi) is 5.19. The van der Waals surface area contributed by atoms with Crippen LogP contribution in [-0.2, 0) is 0 Å². The van der Waals surface area contributed by atoms with Crippen molar-refractivity contribution < 1.29 is 0 Å². The molecule has 2 aliphatic heterocycles. The van der Waals surface area contributed by atoms with Gasteiger partial charge in [-0.1, -0.05) is 13.3 Å². The molecule has 17 heavy (non-hydrogen) atoms. The molecule has 0 aromatic rings. The van der Waals surface area contributed by atoms with Crippen molar-refractivity contribution in [3.8, 4) is 0 Å². The topological polar surface area (TPSA) is 15.3 Å². The molecule has 0 amide bonds. The van der Waals surface area contributed by atoms with E-state index in [4.69, 9.17) is 0 Å². The van der Waals surface area contributed by atoms with Gasteiger partial charge in [0.05, 0.1) is 0 Å². The summed E-state index contributed by atoms with van der Waals surface area (Å²) in [5.74, 6) is 2.66. The smallest absolute Gasteiger partial charge is 0.0158 e. The number of hydrogen-bond donors (Lipinski definition) is 1. The van der Waals surface area contributed by atoms with Crippen LogP contribution in [0.5, 0.6) is 0 Å². The van der Waals surface area contributed by atoms with Crippen LogP contribution in [0.1, 0.15) is 39.5 Å². The van der Waals surface area contributed by atoms with Crippen molar-refractivity contribution in [2.45, 2.75) is 45.6 Å². The molecule has 2 fully saturated rings. The highest BCUT2D eigenvalue weighted by Gasteiger charge is 2.34. The van der Waals surface area contributed by atoms with Crippen molar-refractivity contribution in [3.05, 3.63) is 0 Å². The quantitative estimate of drug-likeness (QED) is 0.832. The zero-order chi connectivity index (χ0) is 12.1. The van der Waals surface area contributed by atoms with Gasteiger partial charge in [-0.05, 0) is 38.1 Å². The van der Waals surface area contributed by atoms with Crippen LogP contribution < -0.4 is 5.32 Å². The maximum atomic E-state index is 3.63. The molecule has 2 heterocycles. The second-order valence-corrected chi connectivity index (χ2v) is 7.07. The first-order valence-corrected chi connectivity index (χ1v) is 8.44. The number of rotatable bonds is 4. The predicted octanol–water partition coefficient (Wildman–Crippen LogP) is 2.59. The molecule has 2 unspecified atom stereocenters. The SMILES string of the molecule is CCCC1(CN2CCSCC2C)CCCNC1. The summed E-state index contributed by atoms with van der Waals surface area (Å²) in [7, 11) is 0. The molecule has 0 saturated carbocycles. The molecule has 2 saturated heterocycles. The normalized spacial score (nSPS) is 36.0.